The highest BCUT2D eigenvalue weighted by Gasteiger charge is 2.14. The van der Waals surface area contributed by atoms with Crippen LogP contribution in [0.4, 0.5) is 0 Å². The third-order valence-corrected chi connectivity index (χ3v) is 3.20. The number of piperidine rings is 1. The molecule has 1 unspecified atom stereocenters. The Morgan fingerprint density at radius 3 is 3.00 bits per heavy atom. The van der Waals surface area contributed by atoms with Crippen molar-refractivity contribution < 1.29 is 9.53 Å². The lowest BCUT2D eigenvalue weighted by Crippen LogP contribution is -2.32. The van der Waals surface area contributed by atoms with Crippen LogP contribution in [0.25, 0.3) is 0 Å². The lowest BCUT2D eigenvalue weighted by molar-refractivity contribution is -0.121. The molecule has 1 atom stereocenters. The Morgan fingerprint density at radius 1 is 1.50 bits per heavy atom. The average molecular weight is 256 g/mol. The van der Waals surface area contributed by atoms with E-state index in [9.17, 15) is 4.79 Å². The summed E-state index contributed by atoms with van der Waals surface area (Å²) >= 11 is 0. The van der Waals surface area contributed by atoms with E-state index in [2.05, 4.69) is 24.5 Å². The number of hydrogen-bond acceptors (Lipinski definition) is 3. The van der Waals surface area contributed by atoms with Crippen molar-refractivity contribution in [2.24, 2.45) is 11.8 Å². The molecule has 0 radical (unpaired) electrons. The highest BCUT2D eigenvalue weighted by Crippen LogP contribution is 2.15. The van der Waals surface area contributed by atoms with E-state index in [-0.39, 0.29) is 5.91 Å². The summed E-state index contributed by atoms with van der Waals surface area (Å²) in [5, 5.41) is 6.29. The summed E-state index contributed by atoms with van der Waals surface area (Å²) in [6, 6.07) is 0. The zero-order valence-corrected chi connectivity index (χ0v) is 11.8. The monoisotopic (exact) mass is 256 g/mol. The first-order valence-corrected chi connectivity index (χ1v) is 7.23. The minimum Gasteiger partial charge on any atom is -0.379 e. The summed E-state index contributed by atoms with van der Waals surface area (Å²) in [6.45, 7) is 8.47. The van der Waals surface area contributed by atoms with Gasteiger partial charge in [-0.1, -0.05) is 13.8 Å². The molecular weight excluding hydrogens is 228 g/mol. The standard InChI is InChI=1S/C14H28N2O2/c1-12(2)11-18-9-8-16-14(17)6-5-13-4-3-7-15-10-13/h12-13,15H,3-11H2,1-2H3,(H,16,17). The molecule has 1 heterocycles. The van der Waals surface area contributed by atoms with Crippen molar-refractivity contribution in [2.45, 2.75) is 39.5 Å². The molecule has 0 aromatic carbocycles. The van der Waals surface area contributed by atoms with E-state index in [1.165, 1.54) is 12.8 Å². The van der Waals surface area contributed by atoms with Gasteiger partial charge < -0.3 is 15.4 Å². The van der Waals surface area contributed by atoms with Crippen LogP contribution in [0.1, 0.15) is 39.5 Å². The van der Waals surface area contributed by atoms with Crippen LogP contribution in [0.5, 0.6) is 0 Å². The molecule has 1 saturated heterocycles. The van der Waals surface area contributed by atoms with Gasteiger partial charge in [-0.2, -0.15) is 0 Å². The van der Waals surface area contributed by atoms with Crippen LogP contribution in [0.3, 0.4) is 0 Å². The molecule has 0 spiro atoms. The van der Waals surface area contributed by atoms with Gasteiger partial charge in [0.2, 0.25) is 5.91 Å². The summed E-state index contributed by atoms with van der Waals surface area (Å²) < 4.78 is 5.42. The number of rotatable bonds is 8. The van der Waals surface area contributed by atoms with Crippen LogP contribution in [0.15, 0.2) is 0 Å². The molecule has 0 aromatic rings. The molecule has 4 heteroatoms. The average Bonchev–Trinajstić information content (AvgIpc) is 2.37. The normalized spacial score (nSPS) is 20.1. The zero-order valence-electron chi connectivity index (χ0n) is 11.8. The molecule has 0 bridgehead atoms. The van der Waals surface area contributed by atoms with E-state index in [1.54, 1.807) is 0 Å². The van der Waals surface area contributed by atoms with Crippen LogP contribution < -0.4 is 10.6 Å². The predicted octanol–water partition coefficient (Wildman–Crippen LogP) is 1.56. The number of carbonyl (C=O) groups excluding carboxylic acids is 1. The van der Waals surface area contributed by atoms with Crippen molar-refractivity contribution in [3.8, 4) is 0 Å². The fourth-order valence-corrected chi connectivity index (χ4v) is 2.18. The van der Waals surface area contributed by atoms with Crippen molar-refractivity contribution in [3.05, 3.63) is 0 Å². The van der Waals surface area contributed by atoms with Gasteiger partial charge in [0.15, 0.2) is 0 Å². The van der Waals surface area contributed by atoms with Crippen molar-refractivity contribution in [1.29, 1.82) is 0 Å². The van der Waals surface area contributed by atoms with Crippen molar-refractivity contribution in [2.75, 3.05) is 32.8 Å². The largest absolute Gasteiger partial charge is 0.379 e. The molecule has 1 amide bonds. The Kier molecular flexibility index (Phi) is 8.01. The van der Waals surface area contributed by atoms with E-state index in [1.807, 2.05) is 0 Å². The minimum atomic E-state index is 0.161. The van der Waals surface area contributed by atoms with Gasteiger partial charge in [-0.15, -0.1) is 0 Å². The number of hydrogen-bond donors (Lipinski definition) is 2. The van der Waals surface area contributed by atoms with Crippen LogP contribution in [-0.2, 0) is 9.53 Å². The van der Waals surface area contributed by atoms with Gasteiger partial charge in [0.25, 0.3) is 0 Å². The molecule has 1 fully saturated rings. The molecular formula is C14H28N2O2. The minimum absolute atomic E-state index is 0.161. The van der Waals surface area contributed by atoms with Gasteiger partial charge in [-0.3, -0.25) is 4.79 Å². The predicted molar refractivity (Wildman–Crippen MR) is 73.5 cm³/mol. The molecule has 0 aliphatic carbocycles. The van der Waals surface area contributed by atoms with Gasteiger partial charge in [0, 0.05) is 19.6 Å². The zero-order chi connectivity index (χ0) is 13.2. The Bertz CT molecular complexity index is 226. The molecule has 4 nitrogen and oxygen atoms in total. The topological polar surface area (TPSA) is 50.4 Å². The maximum absolute atomic E-state index is 11.6. The molecule has 1 rings (SSSR count). The van der Waals surface area contributed by atoms with E-state index in [0.29, 0.717) is 31.4 Å². The molecule has 1 aliphatic rings. The third kappa shape index (κ3) is 7.67. The van der Waals surface area contributed by atoms with Crippen LogP contribution in [0, 0.1) is 11.8 Å². The lowest BCUT2D eigenvalue weighted by atomic mass is 9.94. The summed E-state index contributed by atoms with van der Waals surface area (Å²) in [7, 11) is 0. The highest BCUT2D eigenvalue weighted by atomic mass is 16.5. The molecule has 106 valence electrons. The molecule has 1 aliphatic heterocycles. The molecule has 18 heavy (non-hydrogen) atoms. The Labute approximate surface area is 111 Å². The first-order valence-electron chi connectivity index (χ1n) is 7.23. The van der Waals surface area contributed by atoms with Gasteiger partial charge in [-0.05, 0) is 44.2 Å². The first-order chi connectivity index (χ1) is 8.68. The second-order valence-corrected chi connectivity index (χ2v) is 5.57. The fourth-order valence-electron chi connectivity index (χ4n) is 2.18. The highest BCUT2D eigenvalue weighted by molar-refractivity contribution is 5.75. The van der Waals surface area contributed by atoms with Crippen molar-refractivity contribution >= 4 is 5.91 Å². The molecule has 2 N–H and O–H groups in total. The van der Waals surface area contributed by atoms with Gasteiger partial charge in [0.1, 0.15) is 0 Å². The van der Waals surface area contributed by atoms with Crippen molar-refractivity contribution in [1.82, 2.24) is 10.6 Å². The molecule has 0 aromatic heterocycles. The number of ether oxygens (including phenoxy) is 1. The second-order valence-electron chi connectivity index (χ2n) is 5.57. The third-order valence-electron chi connectivity index (χ3n) is 3.20. The van der Waals surface area contributed by atoms with E-state index < -0.39 is 0 Å². The summed E-state index contributed by atoms with van der Waals surface area (Å²) in [5.74, 6) is 1.40. The fraction of sp³-hybridized carbons (Fsp3) is 0.929. The number of amides is 1. The summed E-state index contributed by atoms with van der Waals surface area (Å²) in [4.78, 5) is 11.6. The van der Waals surface area contributed by atoms with E-state index in [0.717, 1.165) is 26.1 Å². The Hall–Kier alpha value is -0.610. The first kappa shape index (κ1) is 15.4. The lowest BCUT2D eigenvalue weighted by Gasteiger charge is -2.22. The van der Waals surface area contributed by atoms with Crippen LogP contribution in [-0.4, -0.2) is 38.8 Å². The van der Waals surface area contributed by atoms with Gasteiger partial charge in [0.05, 0.1) is 6.61 Å². The smallest absolute Gasteiger partial charge is 0.220 e. The Morgan fingerprint density at radius 2 is 2.33 bits per heavy atom. The maximum Gasteiger partial charge on any atom is 0.220 e. The van der Waals surface area contributed by atoms with E-state index >= 15 is 0 Å². The second kappa shape index (κ2) is 9.34. The van der Waals surface area contributed by atoms with Crippen LogP contribution >= 0.6 is 0 Å². The number of nitrogens with one attached hydrogen (secondary N) is 2. The number of carbonyl (C=O) groups is 1. The SMILES string of the molecule is CC(C)COCCNC(=O)CCC1CCCNC1. The quantitative estimate of drug-likeness (QED) is 0.648. The van der Waals surface area contributed by atoms with Crippen LogP contribution in [0.2, 0.25) is 0 Å². The maximum atomic E-state index is 11.6. The van der Waals surface area contributed by atoms with Crippen molar-refractivity contribution in [3.63, 3.8) is 0 Å². The summed E-state index contributed by atoms with van der Waals surface area (Å²) in [5.41, 5.74) is 0. The Balaban J connectivity index is 1.93. The summed E-state index contributed by atoms with van der Waals surface area (Å²) in [6.07, 6.45) is 4.16. The van der Waals surface area contributed by atoms with Gasteiger partial charge in [-0.25, -0.2) is 0 Å². The van der Waals surface area contributed by atoms with Gasteiger partial charge >= 0.3 is 0 Å². The molecule has 0 saturated carbocycles. The van der Waals surface area contributed by atoms with E-state index in [4.69, 9.17) is 4.74 Å².